The number of fused-ring (bicyclic) bond motifs is 6. The average Bonchev–Trinajstić information content (AvgIpc) is 1.57. The number of carbonyl (C=O) groups excluding carboxylic acids is 7. The topological polar surface area (TPSA) is 391 Å². The molecule has 2 aliphatic rings. The normalized spacial score (nSPS) is 10.8. The first-order valence-corrected chi connectivity index (χ1v) is 33.1. The number of nitro groups is 2. The Hall–Kier alpha value is -8.38. The molecule has 4 heterocycles. The summed E-state index contributed by atoms with van der Waals surface area (Å²) in [4.78, 5) is 113. The number of aliphatic hydroxyl groups excluding tert-OH is 1. The molecule has 4 aromatic heterocycles. The summed E-state index contributed by atoms with van der Waals surface area (Å²) < 4.78 is 59.4. The van der Waals surface area contributed by atoms with Crippen molar-refractivity contribution in [3.8, 4) is 39.9 Å². The summed E-state index contributed by atoms with van der Waals surface area (Å²) >= 11 is 0. The maximum atomic E-state index is 12.2. The fraction of sp³-hybridized carbons (Fsp3) is 0.316. The van der Waals surface area contributed by atoms with Crippen LogP contribution in [-0.4, -0.2) is 135 Å². The van der Waals surface area contributed by atoms with E-state index in [2.05, 4.69) is 37.0 Å². The van der Waals surface area contributed by atoms with Gasteiger partial charge in [0.15, 0.2) is 18.9 Å². The molecule has 0 radical (unpaired) electrons. The molecule has 2 aliphatic carbocycles. The minimum absolute atomic E-state index is 0. The number of hydrogen-bond acceptors (Lipinski definition) is 25. The number of halogens is 3. The van der Waals surface area contributed by atoms with E-state index in [1.165, 1.54) is 29.5 Å². The van der Waals surface area contributed by atoms with Crippen molar-refractivity contribution in [2.45, 2.75) is 124 Å². The summed E-state index contributed by atoms with van der Waals surface area (Å²) in [5.74, 6) is -0.394. The fourth-order valence-electron chi connectivity index (χ4n) is 9.43. The van der Waals surface area contributed by atoms with Gasteiger partial charge in [0.2, 0.25) is 23.6 Å². The van der Waals surface area contributed by atoms with Gasteiger partial charge in [0.1, 0.15) is 23.4 Å². The zero-order chi connectivity index (χ0) is 80.2. The number of nitrogens with two attached hydrogens (primary N) is 1. The first kappa shape index (κ1) is 106. The molecule has 8 aromatic rings. The number of nitrogens with zero attached hydrogens (tertiary/aromatic N) is 6. The molecule has 0 atom stereocenters. The van der Waals surface area contributed by atoms with E-state index in [-0.39, 0.29) is 195 Å². The van der Waals surface area contributed by atoms with Crippen molar-refractivity contribution in [1.82, 2.24) is 19.9 Å². The second-order valence-electron chi connectivity index (χ2n) is 25.3. The molecular formula is C79H92F3KN7Na2O20-. The molecule has 27 nitrogen and oxygen atoms in total. The molecule has 33 heteroatoms. The minimum Gasteiger partial charge on any atom is -1.00 e. The average molecular weight is 1600 g/mol. The van der Waals surface area contributed by atoms with Crippen LogP contribution in [0.5, 0.6) is 17.6 Å². The van der Waals surface area contributed by atoms with Crippen LogP contribution in [0.15, 0.2) is 158 Å². The number of alkyl halides is 1. The van der Waals surface area contributed by atoms with Gasteiger partial charge in [-0.25, -0.2) is 19.9 Å². The van der Waals surface area contributed by atoms with Crippen LogP contribution in [0.25, 0.3) is 33.9 Å². The zero-order valence-corrected chi connectivity index (χ0v) is 72.3. The van der Waals surface area contributed by atoms with Gasteiger partial charge in [-0.15, -0.1) is 0 Å². The van der Waals surface area contributed by atoms with Gasteiger partial charge in [-0.2, -0.15) is 4.39 Å². The van der Waals surface area contributed by atoms with Gasteiger partial charge in [-0.1, -0.05) is 48.5 Å². The Balaban J connectivity index is -0.000000636. The largest absolute Gasteiger partial charge is 1.00 e. The number of aliphatic hydroxyl groups is 1. The fourth-order valence-corrected chi connectivity index (χ4v) is 9.43. The Bertz CT molecular complexity index is 4210. The molecule has 0 bridgehead atoms. The van der Waals surface area contributed by atoms with Gasteiger partial charge < -0.3 is 63.0 Å². The van der Waals surface area contributed by atoms with Crippen LogP contribution in [-0.2, 0) is 44.7 Å². The van der Waals surface area contributed by atoms with Crippen molar-refractivity contribution in [3.63, 3.8) is 0 Å². The van der Waals surface area contributed by atoms with Crippen LogP contribution < -0.4 is 140 Å². The van der Waals surface area contributed by atoms with Gasteiger partial charge in [-0.05, 0) is 205 Å². The Morgan fingerprint density at radius 2 is 0.911 bits per heavy atom. The Kier molecular flexibility index (Phi) is 54.4. The molecule has 0 saturated heterocycles. The number of nitro benzene ring substituents is 2. The predicted octanol–water partition coefficient (Wildman–Crippen LogP) is 1.59. The zero-order valence-electron chi connectivity index (χ0n) is 67.2. The standard InChI is InChI=1S/C21H17N3O3.2C14H19NO4.C13H9NO2.C8H16O3.C6H4FNO.CH3F.CH2O3.CH3.FH.K.2Na.H/c22-9-11-27-21-14(4-3-10-23-21)12-19-17-6-2-1-5-16(17)18-8-7-15(24(25)26)13-20(18)19;2*1-14(2,3)19-12(17)7-5-9-18-13-11(10-16)6-4-8-15-13;15-14(16)11-5-6-13-10(8-11)7-9-3-1-2-4-12(9)13;1-8(2,3)11-7(10)5-4-6-9;7-6-5(4-9)2-1-3-8-6;1-2;2-1-4-3;;;;;;/h1-8,10,12-13H,9,11,22H2;2*4,6,8,10H,5,7,9H2,1-3H3;1-6,8H,7H2;9H,4-6H2,1-3H3;1-4H;1H3;1,3H;1H3;1H;;;;/q;;;;;;;;-1;;3*+1;-1/p-2/i;;;;;;1D;;;;;;;. The van der Waals surface area contributed by atoms with E-state index in [9.17, 15) is 57.8 Å². The van der Waals surface area contributed by atoms with Gasteiger partial charge in [0.25, 0.3) is 17.8 Å². The van der Waals surface area contributed by atoms with Crippen LogP contribution >= 0.6 is 0 Å². The van der Waals surface area contributed by atoms with E-state index in [4.69, 9.17) is 50.7 Å². The van der Waals surface area contributed by atoms with Crippen molar-refractivity contribution < 1.29 is 214 Å². The third-order valence-electron chi connectivity index (χ3n) is 13.6. The maximum absolute atomic E-state index is 12.2. The number of ether oxygens (including phenoxy) is 6. The van der Waals surface area contributed by atoms with Crippen molar-refractivity contribution >= 4 is 66.3 Å². The van der Waals surface area contributed by atoms with Crippen molar-refractivity contribution in [2.24, 2.45) is 5.73 Å². The van der Waals surface area contributed by atoms with Crippen molar-refractivity contribution in [3.05, 3.63) is 236 Å². The number of hydrogen-bond donors (Lipinski definition) is 2. The van der Waals surface area contributed by atoms with Gasteiger partial charge >= 0.3 is 128 Å². The van der Waals surface area contributed by atoms with Crippen molar-refractivity contribution in [1.29, 1.82) is 0 Å². The van der Waals surface area contributed by atoms with Crippen LogP contribution in [0.3, 0.4) is 0 Å². The second-order valence-corrected chi connectivity index (χ2v) is 25.3. The minimum atomic E-state index is -1.00. The molecule has 0 spiro atoms. The van der Waals surface area contributed by atoms with E-state index >= 15 is 0 Å². The summed E-state index contributed by atoms with van der Waals surface area (Å²) in [6.07, 6.45) is 13.0. The van der Waals surface area contributed by atoms with Gasteiger partial charge in [0.05, 0.1) is 48.3 Å². The summed E-state index contributed by atoms with van der Waals surface area (Å²) in [6.45, 7) is 17.7. The SMILES string of the molecule is CC(C)(C)OC(=O)CCCO.CC(C)(C)OC(=O)CCCOc1ncccc1C=O.CC(C)(C)OC(=O)CCCOc1ncccc1C=O.NCCOc1ncccc1C=C1c2ccccc2-c2ccc([N+](=O)[O-])cc21.O=CO[O-].O=Cc1cccnc1F.O=[N+]([O-])c1ccc2c(c1)Cc1ccccc1-2.[2H]CF.[CH3-].[F-].[H-].[K+].[Na+].[Na+]. The molecule has 0 fully saturated rings. The second kappa shape index (κ2) is 57.6. The molecule has 0 saturated carbocycles. The third kappa shape index (κ3) is 40.4. The number of rotatable bonds is 23. The van der Waals surface area contributed by atoms with Crippen LogP contribution in [0.2, 0.25) is 0 Å². The Morgan fingerprint density at radius 3 is 1.32 bits per heavy atom. The predicted molar refractivity (Wildman–Crippen MR) is 399 cm³/mol. The first-order valence-electron chi connectivity index (χ1n) is 33.8. The number of non-ortho nitro benzene ring substituents is 2. The van der Waals surface area contributed by atoms with Crippen molar-refractivity contribution in [2.75, 3.05) is 40.1 Å². The molecule has 4 aromatic carbocycles. The molecule has 10 rings (SSSR count). The Morgan fingerprint density at radius 1 is 0.545 bits per heavy atom. The van der Waals surface area contributed by atoms with E-state index in [1.54, 1.807) is 67.1 Å². The van der Waals surface area contributed by atoms with Gasteiger partial charge in [0, 0.05) is 87.0 Å². The quantitative estimate of drug-likeness (QED) is 0.00877. The summed E-state index contributed by atoms with van der Waals surface area (Å²) in [6, 6.07) is 39.4. The molecular weight excluding hydrogens is 1510 g/mol. The number of aromatic nitrogens is 4. The number of pyridine rings is 4. The molecule has 0 unspecified atom stereocenters. The number of esters is 3. The molecule has 588 valence electrons. The molecule has 0 aliphatic heterocycles. The van der Waals surface area contributed by atoms with E-state index in [0.29, 0.717) is 99.7 Å². The number of benzene rings is 4. The first-order chi connectivity index (χ1) is 51.4. The van der Waals surface area contributed by atoms with E-state index < -0.39 is 29.9 Å². The summed E-state index contributed by atoms with van der Waals surface area (Å²) in [5.41, 5.74) is 15.5. The molecule has 0 amide bonds. The molecule has 3 N–H and O–H groups in total. The summed E-state index contributed by atoms with van der Waals surface area (Å²) in [5, 5.41) is 38.8. The third-order valence-corrected chi connectivity index (χ3v) is 13.6. The van der Waals surface area contributed by atoms with Crippen LogP contribution in [0.1, 0.15) is 163 Å². The molecule has 112 heavy (non-hydrogen) atoms. The smallest absolute Gasteiger partial charge is 1.00 e. The number of aldehydes is 3. The van der Waals surface area contributed by atoms with E-state index in [1.807, 2.05) is 129 Å². The maximum Gasteiger partial charge on any atom is 1.00 e. The van der Waals surface area contributed by atoms with E-state index in [0.717, 1.165) is 50.9 Å². The van der Waals surface area contributed by atoms with Crippen LogP contribution in [0.4, 0.5) is 20.2 Å². The van der Waals surface area contributed by atoms with Gasteiger partial charge in [-0.3, -0.25) is 58.2 Å². The van der Waals surface area contributed by atoms with Crippen LogP contribution in [0, 0.1) is 33.6 Å². The number of carbonyl (C=O) groups is 7. The Labute approximate surface area is 739 Å². The monoisotopic (exact) mass is 1600 g/mol. The summed E-state index contributed by atoms with van der Waals surface area (Å²) in [7, 11) is -1.00.